The lowest BCUT2D eigenvalue weighted by atomic mass is 9.93. The van der Waals surface area contributed by atoms with E-state index in [-0.39, 0.29) is 33.4 Å². The molecule has 0 aliphatic carbocycles. The van der Waals surface area contributed by atoms with Crippen molar-refractivity contribution in [1.29, 1.82) is 0 Å². The van der Waals surface area contributed by atoms with Gasteiger partial charge in [-0.3, -0.25) is 4.90 Å². The Hall–Kier alpha value is -3.90. The van der Waals surface area contributed by atoms with E-state index in [0.717, 1.165) is 58.3 Å². The summed E-state index contributed by atoms with van der Waals surface area (Å²) >= 11 is 6.93. The van der Waals surface area contributed by atoms with Crippen LogP contribution in [0.15, 0.2) is 48.6 Å². The van der Waals surface area contributed by atoms with E-state index in [2.05, 4.69) is 27.6 Å². The summed E-state index contributed by atoms with van der Waals surface area (Å²) < 4.78 is 23.4. The first kappa shape index (κ1) is 27.6. The van der Waals surface area contributed by atoms with Gasteiger partial charge in [0.2, 0.25) is 0 Å². The number of phenols is 1. The second kappa shape index (κ2) is 10.3. The predicted molar refractivity (Wildman–Crippen MR) is 172 cm³/mol. The molecule has 7 nitrogen and oxygen atoms in total. The van der Waals surface area contributed by atoms with Crippen molar-refractivity contribution in [3.63, 3.8) is 0 Å². The van der Waals surface area contributed by atoms with Crippen molar-refractivity contribution in [3.05, 3.63) is 65.0 Å². The van der Waals surface area contributed by atoms with E-state index in [0.29, 0.717) is 51.8 Å². The summed E-state index contributed by atoms with van der Waals surface area (Å²) in [5.41, 5.74) is 2.33. The first-order valence-corrected chi connectivity index (χ1v) is 15.7. The summed E-state index contributed by atoms with van der Waals surface area (Å²) in [4.78, 5) is 14.3. The predicted octanol–water partition coefficient (Wildman–Crippen LogP) is 6.04. The molecule has 4 aliphatic heterocycles. The largest absolute Gasteiger partial charge is 0.508 e. The van der Waals surface area contributed by atoms with Gasteiger partial charge in [-0.15, -0.1) is 6.42 Å². The normalized spacial score (nSPS) is 24.8. The van der Waals surface area contributed by atoms with Crippen molar-refractivity contribution < 1.29 is 14.2 Å². The van der Waals surface area contributed by atoms with Crippen LogP contribution in [0.25, 0.3) is 32.8 Å². The van der Waals surface area contributed by atoms with Crippen molar-refractivity contribution >= 4 is 39.1 Å². The van der Waals surface area contributed by atoms with Crippen molar-refractivity contribution in [1.82, 2.24) is 20.2 Å². The van der Waals surface area contributed by atoms with Gasteiger partial charge in [-0.2, -0.15) is 9.97 Å². The average Bonchev–Trinajstić information content (AvgIpc) is 3.65. The van der Waals surface area contributed by atoms with E-state index in [1.54, 1.807) is 18.2 Å². The van der Waals surface area contributed by atoms with Gasteiger partial charge in [0.15, 0.2) is 5.82 Å². The van der Waals surface area contributed by atoms with Crippen molar-refractivity contribution in [2.75, 3.05) is 37.7 Å². The Bertz CT molecular complexity index is 1890. The molecule has 9 heteroatoms. The maximum absolute atomic E-state index is 17.0. The fourth-order valence-electron chi connectivity index (χ4n) is 8.06. The Morgan fingerprint density at radius 1 is 1.20 bits per heavy atom. The lowest BCUT2D eigenvalue weighted by Crippen LogP contribution is -2.51. The number of anilines is 1. The minimum Gasteiger partial charge on any atom is -0.508 e. The monoisotopic (exact) mass is 609 g/mol. The van der Waals surface area contributed by atoms with Gasteiger partial charge in [-0.05, 0) is 73.9 Å². The third-order valence-corrected chi connectivity index (χ3v) is 10.2. The van der Waals surface area contributed by atoms with Gasteiger partial charge in [0.25, 0.3) is 0 Å². The topological polar surface area (TPSA) is 73.8 Å². The van der Waals surface area contributed by atoms with E-state index < -0.39 is 5.82 Å². The molecule has 4 aliphatic rings. The molecular formula is C35H33ClFN5O2. The van der Waals surface area contributed by atoms with Gasteiger partial charge >= 0.3 is 6.01 Å². The summed E-state index contributed by atoms with van der Waals surface area (Å²) in [6.45, 7) is 8.05. The zero-order valence-electron chi connectivity index (χ0n) is 24.4. The Morgan fingerprint density at radius 2 is 2.02 bits per heavy atom. The number of terminal acetylenes is 1. The number of aromatic nitrogens is 2. The van der Waals surface area contributed by atoms with Crippen molar-refractivity contribution in [3.8, 4) is 35.2 Å². The zero-order valence-corrected chi connectivity index (χ0v) is 25.1. The highest BCUT2D eigenvalue weighted by atomic mass is 35.5. The molecule has 5 heterocycles. The lowest BCUT2D eigenvalue weighted by molar-refractivity contribution is 0.108. The third kappa shape index (κ3) is 4.41. The molecule has 4 aromatic rings. The molecule has 1 aromatic heterocycles. The summed E-state index contributed by atoms with van der Waals surface area (Å²) in [6, 6.07) is 11.1. The highest BCUT2D eigenvalue weighted by Gasteiger charge is 2.46. The smallest absolute Gasteiger partial charge is 0.319 e. The molecule has 2 N–H and O–H groups in total. The van der Waals surface area contributed by atoms with Crippen molar-refractivity contribution in [2.24, 2.45) is 0 Å². The highest BCUT2D eigenvalue weighted by Crippen LogP contribution is 2.44. The molecule has 4 saturated heterocycles. The zero-order chi connectivity index (χ0) is 30.2. The summed E-state index contributed by atoms with van der Waals surface area (Å²) in [7, 11) is 0. The number of benzene rings is 3. The number of nitrogens with one attached hydrogen (secondary N) is 1. The SMILES string of the molecule is C#Cc1cccc2cc(O)cc(-c3c(Cl)cc4c(N5C[C@H]6CC[C@@H](C5)N6)nc(OCC56CCCN5CC(=C)C6)nc4c3F)c12. The van der Waals surface area contributed by atoms with Crippen LogP contribution in [-0.2, 0) is 0 Å². The molecule has 8 rings (SSSR count). The minimum absolute atomic E-state index is 0.0144. The van der Waals surface area contributed by atoms with Crippen LogP contribution < -0.4 is 15.0 Å². The Labute approximate surface area is 260 Å². The summed E-state index contributed by atoms with van der Waals surface area (Å²) in [6.07, 6.45) is 11.0. The molecule has 0 spiro atoms. The number of hydrogen-bond donors (Lipinski definition) is 2. The Balaban J connectivity index is 1.30. The molecule has 1 unspecified atom stereocenters. The van der Waals surface area contributed by atoms with E-state index >= 15 is 4.39 Å². The first-order valence-electron chi connectivity index (χ1n) is 15.3. The number of piperazine rings is 1. The van der Waals surface area contributed by atoms with Crippen LogP contribution in [0.4, 0.5) is 10.2 Å². The van der Waals surface area contributed by atoms with Crippen LogP contribution in [0.1, 0.15) is 37.7 Å². The molecule has 0 radical (unpaired) electrons. The van der Waals surface area contributed by atoms with Gasteiger partial charge < -0.3 is 20.1 Å². The van der Waals surface area contributed by atoms with Gasteiger partial charge in [-0.1, -0.05) is 41.8 Å². The lowest BCUT2D eigenvalue weighted by Gasteiger charge is -2.34. The fourth-order valence-corrected chi connectivity index (χ4v) is 8.35. The molecule has 4 fully saturated rings. The number of fused-ring (bicyclic) bond motifs is 5. The number of aromatic hydroxyl groups is 1. The second-order valence-electron chi connectivity index (χ2n) is 12.8. The number of rotatable bonds is 5. The van der Waals surface area contributed by atoms with E-state index in [1.165, 1.54) is 11.6 Å². The van der Waals surface area contributed by atoms with Gasteiger partial charge in [-0.25, -0.2) is 4.39 Å². The number of phenolic OH excluding ortho intramolecular Hbond substituents is 1. The number of hydrogen-bond acceptors (Lipinski definition) is 7. The first-order chi connectivity index (χ1) is 21.3. The standard InChI is InChI=1S/C35H33ClFN5O2/c1-3-21-6-4-7-22-12-25(43)13-26(29(21)22)30-28(36)14-27-32(31(30)37)39-34(40-33(27)41-17-23-8-9-24(18-41)38-23)44-19-35-10-5-11-42(35)16-20(2)15-35/h1,4,6-7,12-14,23-24,38,43H,2,5,8-11,15-19H2/t23-,24+,35?. The summed E-state index contributed by atoms with van der Waals surface area (Å²) in [5, 5.41) is 16.3. The van der Waals surface area contributed by atoms with Gasteiger partial charge in [0.05, 0.1) is 10.6 Å². The van der Waals surface area contributed by atoms with E-state index in [4.69, 9.17) is 32.7 Å². The average molecular weight is 610 g/mol. The van der Waals surface area contributed by atoms with Crippen molar-refractivity contribution in [2.45, 2.75) is 49.7 Å². The Morgan fingerprint density at radius 3 is 2.82 bits per heavy atom. The van der Waals surface area contributed by atoms with Crippen LogP contribution in [0.2, 0.25) is 5.02 Å². The molecule has 2 bridgehead atoms. The van der Waals surface area contributed by atoms with E-state index in [9.17, 15) is 5.11 Å². The third-order valence-electron chi connectivity index (χ3n) is 9.95. The van der Waals surface area contributed by atoms with Crippen LogP contribution in [-0.4, -0.2) is 70.4 Å². The Kier molecular flexibility index (Phi) is 6.49. The molecule has 224 valence electrons. The highest BCUT2D eigenvalue weighted by molar-refractivity contribution is 6.35. The van der Waals surface area contributed by atoms with Gasteiger partial charge in [0, 0.05) is 53.6 Å². The fraction of sp³-hybridized carbons (Fsp3) is 0.371. The molecule has 3 atom stereocenters. The van der Waals surface area contributed by atoms with Crippen LogP contribution in [0.3, 0.4) is 0 Å². The quantitative estimate of drug-likeness (QED) is 0.211. The molecule has 3 aromatic carbocycles. The maximum atomic E-state index is 17.0. The van der Waals surface area contributed by atoms with Crippen LogP contribution in [0, 0.1) is 18.2 Å². The van der Waals surface area contributed by atoms with Crippen LogP contribution in [0.5, 0.6) is 11.8 Å². The second-order valence-corrected chi connectivity index (χ2v) is 13.2. The molecular weight excluding hydrogens is 577 g/mol. The molecule has 0 amide bonds. The molecule has 0 saturated carbocycles. The van der Waals surface area contributed by atoms with Gasteiger partial charge in [0.1, 0.15) is 23.7 Å². The summed E-state index contributed by atoms with van der Waals surface area (Å²) in [5.74, 6) is 2.70. The molecule has 44 heavy (non-hydrogen) atoms. The van der Waals surface area contributed by atoms with Crippen LogP contribution >= 0.6 is 11.6 Å². The number of nitrogens with zero attached hydrogens (tertiary/aromatic N) is 4. The minimum atomic E-state index is -0.604. The maximum Gasteiger partial charge on any atom is 0.319 e. The number of halogens is 2. The van der Waals surface area contributed by atoms with E-state index in [1.807, 2.05) is 12.1 Å². The number of ether oxygens (including phenoxy) is 1.